The fourth-order valence-electron chi connectivity index (χ4n) is 0.107. The summed E-state index contributed by atoms with van der Waals surface area (Å²) in [7, 11) is 0. The molecule has 0 aromatic rings. The van der Waals surface area contributed by atoms with Crippen molar-refractivity contribution in [3.05, 3.63) is 10.2 Å². The third kappa shape index (κ3) is 4.54. The molecule has 0 amide bonds. The van der Waals surface area contributed by atoms with Gasteiger partial charge in [0, 0.05) is 0 Å². The molecule has 10 heavy (non-hydrogen) atoms. The van der Waals surface area contributed by atoms with Crippen LogP contribution >= 0.6 is 24.0 Å². The Morgan fingerprint density at radius 2 is 1.40 bits per heavy atom. The molecule has 0 unspecified atom stereocenters. The van der Waals surface area contributed by atoms with Crippen molar-refractivity contribution < 1.29 is 40.3 Å². The van der Waals surface area contributed by atoms with Crippen LogP contribution in [0.25, 0.3) is 0 Å². The Morgan fingerprint density at radius 3 is 1.40 bits per heavy atom. The number of hydrogen-bond donors (Lipinski definition) is 0. The summed E-state index contributed by atoms with van der Waals surface area (Å²) >= 11 is -0.564. The van der Waals surface area contributed by atoms with Gasteiger partial charge in [0.1, 0.15) is 0 Å². The van der Waals surface area contributed by atoms with Gasteiger partial charge in [-0.2, -0.15) is 0 Å². The van der Waals surface area contributed by atoms with Crippen molar-refractivity contribution in [2.75, 3.05) is 0 Å². The maximum Gasteiger partial charge on any atom is -0.107 e. The second-order valence-corrected chi connectivity index (χ2v) is 2.72. The minimum atomic E-state index is -4.83. The molecule has 0 heterocycles. The Hall–Kier alpha value is 0.743. The molecule has 7 heteroatoms. The Morgan fingerprint density at radius 1 is 1.10 bits per heavy atom. The van der Waals surface area contributed by atoms with Gasteiger partial charge in [0.05, 0.1) is 0 Å². The first-order valence-corrected chi connectivity index (χ1v) is 3.28. The largest absolute Gasteiger partial charge is 0.107 e. The summed E-state index contributed by atoms with van der Waals surface area (Å²) < 4.78 is 54.1. The summed E-state index contributed by atoms with van der Waals surface area (Å²) in [5.41, 5.74) is 0. The van der Waals surface area contributed by atoms with E-state index in [4.69, 9.17) is 0 Å². The Labute approximate surface area is 80.6 Å². The van der Waals surface area contributed by atoms with Gasteiger partial charge in [-0.3, -0.25) is 0 Å². The summed E-state index contributed by atoms with van der Waals surface area (Å²) in [5, 5.41) is 0. The summed E-state index contributed by atoms with van der Waals surface area (Å²) in [5.74, 6) is 0. The van der Waals surface area contributed by atoms with Crippen LogP contribution in [0.2, 0.25) is 0 Å². The maximum atomic E-state index is 11.2. The van der Waals surface area contributed by atoms with E-state index >= 15 is 0 Å². The van der Waals surface area contributed by atoms with E-state index in [1.54, 1.807) is 0 Å². The average molecular weight is 324 g/mol. The van der Waals surface area contributed by atoms with Crippen LogP contribution in [-0.2, 0) is 18.3 Å². The van der Waals surface area contributed by atoms with E-state index in [0.717, 1.165) is 0 Å². The predicted molar refractivity (Wildman–Crippen MR) is 30.7 cm³/mol. The second kappa shape index (κ2) is 4.59. The van der Waals surface area contributed by atoms with E-state index in [-0.39, 0.29) is 24.0 Å². The van der Waals surface area contributed by atoms with E-state index in [9.17, 15) is 22.0 Å². The molecule has 0 radical (unpaired) electrons. The van der Waals surface area contributed by atoms with Gasteiger partial charge in [-0.05, 0) is 0 Å². The van der Waals surface area contributed by atoms with Crippen molar-refractivity contribution in [1.29, 1.82) is 0 Å². The molecular weight excluding hydrogens is 323 g/mol. The summed E-state index contributed by atoms with van der Waals surface area (Å²) in [6.07, 6.45) is -7.46. The van der Waals surface area contributed by atoms with Gasteiger partial charge in [0.15, 0.2) is 0 Å². The molecule has 0 aliphatic carbocycles. The van der Waals surface area contributed by atoms with Crippen LogP contribution in [0.1, 0.15) is 0 Å². The van der Waals surface area contributed by atoms with Gasteiger partial charge in [-0.15, -0.1) is 24.0 Å². The number of rotatable bonds is 0. The Bertz CT molecular complexity index is 134. The predicted octanol–water partition coefficient (Wildman–Crippen LogP) is 2.82. The molecule has 0 nitrogen and oxygen atoms in total. The topological polar surface area (TPSA) is 0 Å². The molecule has 0 rings (SSSR count). The van der Waals surface area contributed by atoms with Crippen molar-refractivity contribution in [3.8, 4) is 0 Å². The Kier molecular flexibility index (Phi) is 6.12. The third-order valence-electron chi connectivity index (χ3n) is 0.570. The van der Waals surface area contributed by atoms with Gasteiger partial charge in [0.25, 0.3) is 0 Å². The molecule has 0 aromatic carbocycles. The van der Waals surface area contributed by atoms with E-state index < -0.39 is 34.7 Å². The molecule has 0 aliphatic heterocycles. The van der Waals surface area contributed by atoms with Crippen molar-refractivity contribution in [2.24, 2.45) is 0 Å². The van der Waals surface area contributed by atoms with Gasteiger partial charge in [-0.1, -0.05) is 0 Å². The quantitative estimate of drug-likeness (QED) is 0.365. The van der Waals surface area contributed by atoms with E-state index in [2.05, 4.69) is 0 Å². The van der Waals surface area contributed by atoms with Crippen LogP contribution in [0.3, 0.4) is 0 Å². The standard InChI is InChI=1S/C3F5.HI.Zn/c4-2(5)1-3(6,7)8;;/h;1H;. The summed E-state index contributed by atoms with van der Waals surface area (Å²) in [4.78, 5) is 0. The van der Waals surface area contributed by atoms with Crippen molar-refractivity contribution in [1.82, 2.24) is 0 Å². The molecular formula is C3HF5IZn. The Balaban J connectivity index is 0. The number of alkyl halides is 3. The van der Waals surface area contributed by atoms with Gasteiger partial charge >= 0.3 is 56.7 Å². The average Bonchev–Trinajstić information content (AvgIpc) is 1.62. The molecule has 57 valence electrons. The van der Waals surface area contributed by atoms with Crippen LogP contribution < -0.4 is 0 Å². The fourth-order valence-corrected chi connectivity index (χ4v) is 0.107. The first kappa shape index (κ1) is 13.3. The van der Waals surface area contributed by atoms with E-state index in [0.29, 0.717) is 0 Å². The van der Waals surface area contributed by atoms with Gasteiger partial charge in [-0.25, -0.2) is 0 Å². The summed E-state index contributed by atoms with van der Waals surface area (Å²) in [6, 6.07) is 0. The smallest absolute Gasteiger partial charge is 0.107 e. The maximum absolute atomic E-state index is 11.2. The summed E-state index contributed by atoms with van der Waals surface area (Å²) in [6.45, 7) is 0. The molecule has 0 aromatic heterocycles. The molecule has 0 saturated carbocycles. The molecule has 0 saturated heterocycles. The second-order valence-electron chi connectivity index (χ2n) is 1.24. The van der Waals surface area contributed by atoms with Crippen molar-refractivity contribution in [2.45, 2.75) is 6.18 Å². The molecule has 0 aliphatic rings. The molecule has 0 spiro atoms. The van der Waals surface area contributed by atoms with Gasteiger partial charge < -0.3 is 0 Å². The zero-order chi connectivity index (χ0) is 7.65. The zero-order valence-corrected chi connectivity index (χ0v) is 9.80. The van der Waals surface area contributed by atoms with Crippen LogP contribution in [0, 0.1) is 0 Å². The first-order chi connectivity index (χ1) is 3.85. The van der Waals surface area contributed by atoms with E-state index in [1.807, 2.05) is 0 Å². The minimum absolute atomic E-state index is 0. The van der Waals surface area contributed by atoms with Crippen molar-refractivity contribution in [3.63, 3.8) is 0 Å². The molecule has 0 atom stereocenters. The third-order valence-corrected chi connectivity index (χ3v) is 1.97. The molecule has 0 bridgehead atoms. The normalized spacial score (nSPS) is 10.3. The van der Waals surface area contributed by atoms with Gasteiger partial charge in [0.2, 0.25) is 0 Å². The van der Waals surface area contributed by atoms with Crippen LogP contribution in [0.15, 0.2) is 10.2 Å². The van der Waals surface area contributed by atoms with Crippen molar-refractivity contribution >= 4 is 24.0 Å². The van der Waals surface area contributed by atoms with Crippen LogP contribution in [0.5, 0.6) is 0 Å². The fraction of sp³-hybridized carbons (Fsp3) is 0.333. The van der Waals surface area contributed by atoms with E-state index in [1.165, 1.54) is 0 Å². The minimum Gasteiger partial charge on any atom is -0.107 e. The monoisotopic (exact) mass is 323 g/mol. The van der Waals surface area contributed by atoms with Crippen LogP contribution in [-0.4, -0.2) is 6.18 Å². The zero-order valence-electron chi connectivity index (χ0n) is 4.51. The van der Waals surface area contributed by atoms with Crippen LogP contribution in [0.4, 0.5) is 22.0 Å². The first-order valence-electron chi connectivity index (χ1n) is 1.80. The molecule has 0 fully saturated rings. The SMILES string of the molecule is FC(F)=[C]([Zn])C(F)(F)F.I. The number of halogens is 6. The number of allylic oxidation sites excluding steroid dienone is 1. The number of hydrogen-bond acceptors (Lipinski definition) is 0. The molecule has 0 N–H and O–H groups in total.